The van der Waals surface area contributed by atoms with Crippen molar-refractivity contribution in [2.45, 2.75) is 56.1 Å². The van der Waals surface area contributed by atoms with Gasteiger partial charge in [0.25, 0.3) is 0 Å². The first-order valence-electron chi connectivity index (χ1n) is 5.67. The summed E-state index contributed by atoms with van der Waals surface area (Å²) in [6.45, 7) is 5.96. The highest BCUT2D eigenvalue weighted by molar-refractivity contribution is 8.01. The van der Waals surface area contributed by atoms with Crippen LogP contribution in [0, 0.1) is 5.92 Å². The summed E-state index contributed by atoms with van der Waals surface area (Å²) in [6.07, 6.45) is 6.99. The molecule has 2 aliphatic rings. The Hall–Kier alpha value is 0.310. The summed E-state index contributed by atoms with van der Waals surface area (Å²) in [7, 11) is 0. The average Bonchev–Trinajstić information content (AvgIpc) is 2.48. The normalized spacial score (nSPS) is 45.7. The molecule has 3 unspecified atom stereocenters. The molecule has 3 atom stereocenters. The number of nitrogens with one attached hydrogen (secondary N) is 1. The van der Waals surface area contributed by atoms with Gasteiger partial charge in [-0.05, 0) is 38.1 Å². The zero-order chi connectivity index (χ0) is 9.31. The highest BCUT2D eigenvalue weighted by Gasteiger charge is 2.41. The van der Waals surface area contributed by atoms with Gasteiger partial charge in [-0.15, -0.1) is 11.8 Å². The summed E-state index contributed by atoms with van der Waals surface area (Å²) in [5.74, 6) is 0.991. The summed E-state index contributed by atoms with van der Waals surface area (Å²) < 4.78 is 0. The number of rotatable bonds is 1. The number of hydrogen-bond donors (Lipinski definition) is 1. The fourth-order valence-electron chi connectivity index (χ4n) is 2.71. The van der Waals surface area contributed by atoms with Crippen LogP contribution >= 0.6 is 11.8 Å². The maximum atomic E-state index is 3.75. The molecule has 2 fully saturated rings. The first kappa shape index (κ1) is 9.85. The molecule has 1 aliphatic heterocycles. The zero-order valence-corrected chi connectivity index (χ0v) is 9.62. The maximum absolute atomic E-state index is 3.75. The second-order valence-corrected chi connectivity index (χ2v) is 6.48. The Morgan fingerprint density at radius 2 is 2.31 bits per heavy atom. The Morgan fingerprint density at radius 1 is 1.46 bits per heavy atom. The predicted octanol–water partition coefficient (Wildman–Crippen LogP) is 3.01. The molecule has 2 rings (SSSR count). The van der Waals surface area contributed by atoms with E-state index in [1.807, 2.05) is 0 Å². The van der Waals surface area contributed by atoms with Gasteiger partial charge in [0.1, 0.15) is 0 Å². The molecule has 0 aromatic rings. The van der Waals surface area contributed by atoms with E-state index >= 15 is 0 Å². The fraction of sp³-hybridized carbons (Fsp3) is 1.00. The molecular formula is C11H21NS. The molecule has 0 aromatic carbocycles. The van der Waals surface area contributed by atoms with Crippen LogP contribution in [0.25, 0.3) is 0 Å². The highest BCUT2D eigenvalue weighted by Crippen LogP contribution is 2.47. The van der Waals surface area contributed by atoms with Crippen molar-refractivity contribution >= 4 is 11.8 Å². The van der Waals surface area contributed by atoms with Gasteiger partial charge in [-0.3, -0.25) is 0 Å². The van der Waals surface area contributed by atoms with Crippen LogP contribution in [0.15, 0.2) is 0 Å². The van der Waals surface area contributed by atoms with Gasteiger partial charge in [0, 0.05) is 5.25 Å². The van der Waals surface area contributed by atoms with Gasteiger partial charge < -0.3 is 5.32 Å². The predicted molar refractivity (Wildman–Crippen MR) is 60.0 cm³/mol. The van der Waals surface area contributed by atoms with Gasteiger partial charge in [0.2, 0.25) is 0 Å². The first-order chi connectivity index (χ1) is 6.24. The van der Waals surface area contributed by atoms with E-state index in [1.165, 1.54) is 38.6 Å². The SMILES string of the molecule is CCC1CCC2(C1)NCCC(C)S2. The largest absolute Gasteiger partial charge is 0.303 e. The number of thioether (sulfide) groups is 1. The summed E-state index contributed by atoms with van der Waals surface area (Å²) in [6, 6.07) is 0. The third-order valence-electron chi connectivity index (χ3n) is 3.58. The molecule has 1 saturated heterocycles. The molecule has 0 amide bonds. The summed E-state index contributed by atoms with van der Waals surface area (Å²) >= 11 is 2.20. The van der Waals surface area contributed by atoms with Gasteiger partial charge in [0.15, 0.2) is 0 Å². The molecule has 2 heteroatoms. The van der Waals surface area contributed by atoms with E-state index in [2.05, 4.69) is 30.9 Å². The molecule has 76 valence electrons. The van der Waals surface area contributed by atoms with Crippen molar-refractivity contribution in [3.63, 3.8) is 0 Å². The van der Waals surface area contributed by atoms with Gasteiger partial charge in [0.05, 0.1) is 4.87 Å². The summed E-state index contributed by atoms with van der Waals surface area (Å²) in [4.78, 5) is 0.484. The lowest BCUT2D eigenvalue weighted by Gasteiger charge is -2.37. The molecule has 13 heavy (non-hydrogen) atoms. The zero-order valence-electron chi connectivity index (χ0n) is 8.81. The van der Waals surface area contributed by atoms with Crippen LogP contribution in [0.4, 0.5) is 0 Å². The van der Waals surface area contributed by atoms with Gasteiger partial charge in [-0.2, -0.15) is 0 Å². The Labute approximate surface area is 86.0 Å². The van der Waals surface area contributed by atoms with E-state index in [-0.39, 0.29) is 0 Å². The van der Waals surface area contributed by atoms with Crippen molar-refractivity contribution < 1.29 is 0 Å². The molecule has 1 aliphatic carbocycles. The van der Waals surface area contributed by atoms with E-state index in [0.29, 0.717) is 4.87 Å². The van der Waals surface area contributed by atoms with Crippen LogP contribution in [-0.4, -0.2) is 16.7 Å². The molecule has 1 nitrogen and oxygen atoms in total. The lowest BCUT2D eigenvalue weighted by Crippen LogP contribution is -2.46. The van der Waals surface area contributed by atoms with Gasteiger partial charge in [-0.25, -0.2) is 0 Å². The minimum Gasteiger partial charge on any atom is -0.303 e. The van der Waals surface area contributed by atoms with Crippen molar-refractivity contribution in [3.8, 4) is 0 Å². The van der Waals surface area contributed by atoms with Crippen molar-refractivity contribution in [2.24, 2.45) is 5.92 Å². The topological polar surface area (TPSA) is 12.0 Å². The second-order valence-electron chi connectivity index (χ2n) is 4.66. The monoisotopic (exact) mass is 199 g/mol. The minimum atomic E-state index is 0.484. The molecule has 1 N–H and O–H groups in total. The molecule has 0 bridgehead atoms. The second kappa shape index (κ2) is 3.82. The Kier molecular flexibility index (Phi) is 2.89. The van der Waals surface area contributed by atoms with E-state index in [4.69, 9.17) is 0 Å². The van der Waals surface area contributed by atoms with Crippen LogP contribution in [0.1, 0.15) is 46.0 Å². The number of hydrogen-bond acceptors (Lipinski definition) is 2. The fourth-order valence-corrected chi connectivity index (χ4v) is 4.47. The smallest absolute Gasteiger partial charge is 0.0650 e. The molecule has 1 heterocycles. The lowest BCUT2D eigenvalue weighted by molar-refractivity contribution is 0.423. The average molecular weight is 199 g/mol. The van der Waals surface area contributed by atoms with Crippen LogP contribution in [0.2, 0.25) is 0 Å². The highest BCUT2D eigenvalue weighted by atomic mass is 32.2. The van der Waals surface area contributed by atoms with E-state index in [0.717, 1.165) is 11.2 Å². The maximum Gasteiger partial charge on any atom is 0.0650 e. The van der Waals surface area contributed by atoms with Crippen molar-refractivity contribution in [1.29, 1.82) is 0 Å². The van der Waals surface area contributed by atoms with E-state index in [9.17, 15) is 0 Å². The van der Waals surface area contributed by atoms with Crippen molar-refractivity contribution in [3.05, 3.63) is 0 Å². The standard InChI is InChI=1S/C11H21NS/c1-3-10-4-6-11(8-10)12-7-5-9(2)13-11/h9-10,12H,3-8H2,1-2H3. The molecule has 1 saturated carbocycles. The van der Waals surface area contributed by atoms with Crippen LogP contribution in [0.5, 0.6) is 0 Å². The Morgan fingerprint density at radius 3 is 2.92 bits per heavy atom. The van der Waals surface area contributed by atoms with E-state index < -0.39 is 0 Å². The summed E-state index contributed by atoms with van der Waals surface area (Å²) in [5, 5.41) is 4.62. The third-order valence-corrected chi connectivity index (χ3v) is 5.18. The van der Waals surface area contributed by atoms with E-state index in [1.54, 1.807) is 0 Å². The van der Waals surface area contributed by atoms with Crippen LogP contribution < -0.4 is 5.32 Å². The van der Waals surface area contributed by atoms with Crippen molar-refractivity contribution in [1.82, 2.24) is 5.32 Å². The molecular weight excluding hydrogens is 178 g/mol. The van der Waals surface area contributed by atoms with Gasteiger partial charge >= 0.3 is 0 Å². The van der Waals surface area contributed by atoms with Crippen molar-refractivity contribution in [2.75, 3.05) is 6.54 Å². The van der Waals surface area contributed by atoms with Gasteiger partial charge in [-0.1, -0.05) is 20.3 Å². The first-order valence-corrected chi connectivity index (χ1v) is 6.55. The molecule has 0 radical (unpaired) electrons. The lowest BCUT2D eigenvalue weighted by atomic mass is 10.1. The molecule has 0 aromatic heterocycles. The molecule has 1 spiro atoms. The third kappa shape index (κ3) is 2.04. The van der Waals surface area contributed by atoms with Crippen LogP contribution in [-0.2, 0) is 0 Å². The Bertz CT molecular complexity index is 183. The minimum absolute atomic E-state index is 0.484. The Balaban J connectivity index is 1.97. The summed E-state index contributed by atoms with van der Waals surface area (Å²) in [5.41, 5.74) is 0. The van der Waals surface area contributed by atoms with Crippen LogP contribution in [0.3, 0.4) is 0 Å². The quantitative estimate of drug-likeness (QED) is 0.697.